The minimum atomic E-state index is 0.00515. The molecule has 3 heteroatoms. The number of carbonyl (C=O) groups is 1. The molecule has 5 rings (SSSR count). The van der Waals surface area contributed by atoms with Gasteiger partial charge in [-0.15, -0.1) is 0 Å². The molecule has 3 nitrogen and oxygen atoms in total. The van der Waals surface area contributed by atoms with Crippen LogP contribution < -0.4 is 0 Å². The molecule has 0 aromatic heterocycles. The van der Waals surface area contributed by atoms with E-state index < -0.39 is 0 Å². The predicted octanol–water partition coefficient (Wildman–Crippen LogP) is 4.65. The lowest BCUT2D eigenvalue weighted by atomic mass is 9.42. The third-order valence-corrected chi connectivity index (χ3v) is 10.3. The predicted molar refractivity (Wildman–Crippen MR) is 103 cm³/mol. The molecule has 0 N–H and O–H groups in total. The number of carbonyl (C=O) groups excluding carboxylic acids is 1. The number of fused-ring (bicyclic) bond motifs is 2. The molecule has 8 atom stereocenters. The summed E-state index contributed by atoms with van der Waals surface area (Å²) in [4.78, 5) is 15.3. The van der Waals surface area contributed by atoms with Crippen LogP contribution in [-0.4, -0.2) is 36.1 Å². The zero-order valence-electron chi connectivity index (χ0n) is 17.2. The van der Waals surface area contributed by atoms with Gasteiger partial charge in [0, 0.05) is 24.5 Å². The van der Waals surface area contributed by atoms with Gasteiger partial charge in [0.2, 0.25) is 0 Å². The Bertz CT molecular complexity index is 617. The van der Waals surface area contributed by atoms with Crippen LogP contribution in [0.4, 0.5) is 0 Å². The second-order valence-electron chi connectivity index (χ2n) is 10.9. The van der Waals surface area contributed by atoms with Crippen molar-refractivity contribution in [3.8, 4) is 0 Å². The van der Waals surface area contributed by atoms with E-state index in [1.54, 1.807) is 7.11 Å². The van der Waals surface area contributed by atoms with E-state index in [1.165, 1.54) is 51.5 Å². The van der Waals surface area contributed by atoms with E-state index >= 15 is 0 Å². The molecule has 3 saturated heterocycles. The Balaban J connectivity index is 1.67. The van der Waals surface area contributed by atoms with Gasteiger partial charge in [0.1, 0.15) is 0 Å². The van der Waals surface area contributed by atoms with Gasteiger partial charge in [-0.3, -0.25) is 9.69 Å². The molecule has 146 valence electrons. The minimum Gasteiger partial charge on any atom is -0.469 e. The number of ether oxygens (including phenoxy) is 1. The van der Waals surface area contributed by atoms with Gasteiger partial charge in [-0.25, -0.2) is 0 Å². The molecule has 5 aliphatic rings. The number of nitrogens with zero attached hydrogens (tertiary/aromatic N) is 1. The van der Waals surface area contributed by atoms with Gasteiger partial charge >= 0.3 is 5.97 Å². The molecule has 0 radical (unpaired) electrons. The van der Waals surface area contributed by atoms with Crippen LogP contribution in [0.1, 0.15) is 78.6 Å². The summed E-state index contributed by atoms with van der Waals surface area (Å²) in [6.45, 7) is 8.89. The highest BCUT2D eigenvalue weighted by Crippen LogP contribution is 2.79. The summed E-state index contributed by atoms with van der Waals surface area (Å²) in [7, 11) is 1.56. The first kappa shape index (κ1) is 17.5. The van der Waals surface area contributed by atoms with Crippen LogP contribution in [0.25, 0.3) is 0 Å². The number of rotatable bonds is 4. The van der Waals surface area contributed by atoms with E-state index in [0.717, 1.165) is 30.1 Å². The van der Waals surface area contributed by atoms with Gasteiger partial charge in [0.05, 0.1) is 7.11 Å². The highest BCUT2D eigenvalue weighted by molar-refractivity contribution is 5.69. The third-order valence-electron chi connectivity index (χ3n) is 10.3. The highest BCUT2D eigenvalue weighted by atomic mass is 16.5. The Hall–Kier alpha value is -0.570. The van der Waals surface area contributed by atoms with Crippen molar-refractivity contribution in [1.29, 1.82) is 0 Å². The van der Waals surface area contributed by atoms with Gasteiger partial charge in [-0.05, 0) is 79.4 Å². The lowest BCUT2D eigenvalue weighted by Crippen LogP contribution is -2.68. The largest absolute Gasteiger partial charge is 0.469 e. The highest BCUT2D eigenvalue weighted by Gasteiger charge is 2.79. The van der Waals surface area contributed by atoms with E-state index in [4.69, 9.17) is 4.74 Å². The topological polar surface area (TPSA) is 29.5 Å². The molecule has 0 amide bonds. The van der Waals surface area contributed by atoms with E-state index in [9.17, 15) is 4.79 Å². The molecule has 5 bridgehead atoms. The maximum Gasteiger partial charge on any atom is 0.305 e. The summed E-state index contributed by atoms with van der Waals surface area (Å²) in [6, 6.07) is 0.716. The Kier molecular flexibility index (Phi) is 3.70. The summed E-state index contributed by atoms with van der Waals surface area (Å²) < 4.78 is 5.10. The van der Waals surface area contributed by atoms with Gasteiger partial charge in [-0.1, -0.05) is 27.2 Å². The normalized spacial score (nSPS) is 53.8. The van der Waals surface area contributed by atoms with E-state index in [-0.39, 0.29) is 5.97 Å². The molecule has 1 spiro atoms. The molecular weight excluding hydrogens is 322 g/mol. The van der Waals surface area contributed by atoms with E-state index in [1.807, 2.05) is 0 Å². The minimum absolute atomic E-state index is 0.00515. The fourth-order valence-corrected chi connectivity index (χ4v) is 9.42. The monoisotopic (exact) mass is 359 g/mol. The molecule has 0 aromatic rings. The molecule has 2 saturated carbocycles. The third kappa shape index (κ3) is 1.78. The van der Waals surface area contributed by atoms with Crippen molar-refractivity contribution in [1.82, 2.24) is 4.90 Å². The number of esters is 1. The number of hydrogen-bond donors (Lipinski definition) is 0. The zero-order chi connectivity index (χ0) is 18.3. The second kappa shape index (κ2) is 5.49. The summed E-state index contributed by atoms with van der Waals surface area (Å²) in [5.74, 6) is 3.23. The molecule has 1 unspecified atom stereocenters. The lowest BCUT2D eigenvalue weighted by molar-refractivity contribution is -0.184. The first-order valence-electron chi connectivity index (χ1n) is 11.2. The molecule has 5 fully saturated rings. The van der Waals surface area contributed by atoms with E-state index in [2.05, 4.69) is 25.7 Å². The average molecular weight is 360 g/mol. The summed E-state index contributed by atoms with van der Waals surface area (Å²) in [5.41, 5.74) is 1.26. The Morgan fingerprint density at radius 3 is 2.73 bits per heavy atom. The smallest absolute Gasteiger partial charge is 0.305 e. The SMILES string of the molecule is COC(=O)CC[C@]12[C@@H]3[C@@H](C(C)C)CC[C@@]1(C)[C@@H]1CC[C@@]4(CCC[C@H]42)N3C1. The molecule has 3 aliphatic heterocycles. The van der Waals surface area contributed by atoms with Crippen molar-refractivity contribution in [2.24, 2.45) is 34.5 Å². The molecule has 0 aromatic carbocycles. The van der Waals surface area contributed by atoms with Gasteiger partial charge in [-0.2, -0.15) is 0 Å². The fourth-order valence-electron chi connectivity index (χ4n) is 9.42. The second-order valence-corrected chi connectivity index (χ2v) is 10.9. The Morgan fingerprint density at radius 1 is 1.19 bits per heavy atom. The average Bonchev–Trinajstić information content (AvgIpc) is 3.09. The number of methoxy groups -OCH3 is 1. The summed E-state index contributed by atoms with van der Waals surface area (Å²) in [6.07, 6.45) is 11.6. The van der Waals surface area contributed by atoms with Crippen LogP contribution in [0.15, 0.2) is 0 Å². The summed E-state index contributed by atoms with van der Waals surface area (Å²) in [5, 5.41) is 0. The van der Waals surface area contributed by atoms with Crippen LogP contribution in [0.2, 0.25) is 0 Å². The molecule has 3 heterocycles. The van der Waals surface area contributed by atoms with Crippen molar-refractivity contribution in [3.63, 3.8) is 0 Å². The summed E-state index contributed by atoms with van der Waals surface area (Å²) >= 11 is 0. The van der Waals surface area contributed by atoms with Crippen molar-refractivity contribution in [2.45, 2.75) is 90.1 Å². The van der Waals surface area contributed by atoms with Crippen LogP contribution in [0, 0.1) is 34.5 Å². The van der Waals surface area contributed by atoms with Crippen LogP contribution in [0.3, 0.4) is 0 Å². The first-order valence-corrected chi connectivity index (χ1v) is 11.2. The Morgan fingerprint density at radius 2 is 2.00 bits per heavy atom. The van der Waals surface area contributed by atoms with Crippen molar-refractivity contribution >= 4 is 5.97 Å². The number of piperidine rings is 2. The Labute approximate surface area is 159 Å². The van der Waals surface area contributed by atoms with Crippen LogP contribution in [-0.2, 0) is 9.53 Å². The fraction of sp³-hybridized carbons (Fsp3) is 0.957. The molecular formula is C23H37NO2. The quantitative estimate of drug-likeness (QED) is 0.685. The van der Waals surface area contributed by atoms with Gasteiger partial charge in [0.15, 0.2) is 0 Å². The van der Waals surface area contributed by atoms with Gasteiger partial charge < -0.3 is 4.74 Å². The standard InChI is InChI=1S/C23H37NO2/c1-15(2)17-8-11-21(3)16-7-12-22-10-5-6-18(22)23(21,13-9-19(25)26-4)20(17)24(22)14-16/h15-18,20H,5-14H2,1-4H3/t16-,17-,18-,20+,21+,22-,23+/m1/s1. The lowest BCUT2D eigenvalue weighted by Gasteiger charge is -2.67. The number of hydrogen-bond acceptors (Lipinski definition) is 3. The van der Waals surface area contributed by atoms with E-state index in [0.29, 0.717) is 28.8 Å². The van der Waals surface area contributed by atoms with Crippen molar-refractivity contribution in [3.05, 3.63) is 0 Å². The first-order chi connectivity index (χ1) is 12.4. The van der Waals surface area contributed by atoms with Gasteiger partial charge in [0.25, 0.3) is 0 Å². The zero-order valence-corrected chi connectivity index (χ0v) is 17.2. The maximum atomic E-state index is 12.2. The molecule has 26 heavy (non-hydrogen) atoms. The maximum absolute atomic E-state index is 12.2. The van der Waals surface area contributed by atoms with Crippen LogP contribution in [0.5, 0.6) is 0 Å². The van der Waals surface area contributed by atoms with Crippen molar-refractivity contribution < 1.29 is 9.53 Å². The van der Waals surface area contributed by atoms with Crippen LogP contribution >= 0.6 is 0 Å². The van der Waals surface area contributed by atoms with Crippen molar-refractivity contribution in [2.75, 3.05) is 13.7 Å². The molecule has 2 aliphatic carbocycles.